The predicted molar refractivity (Wildman–Crippen MR) is 259 cm³/mol. The number of unbranched alkanes of at least 4 members (excludes halogenated alkanes) is 20. The van der Waals surface area contributed by atoms with Crippen molar-refractivity contribution in [3.63, 3.8) is 0 Å². The second-order valence-corrected chi connectivity index (χ2v) is 19.2. The minimum absolute atomic E-state index is 0.0190. The van der Waals surface area contributed by atoms with E-state index in [1.54, 1.807) is 0 Å². The van der Waals surface area contributed by atoms with Gasteiger partial charge in [0.05, 0.1) is 13.2 Å². The fraction of sp³-hybridized carbons (Fsp3) is 0.962. The second kappa shape index (κ2) is 43.1. The van der Waals surface area contributed by atoms with Gasteiger partial charge in [0.15, 0.2) is 0 Å². The minimum Gasteiger partial charge on any atom is -0.466 e. The highest BCUT2D eigenvalue weighted by Gasteiger charge is 2.23. The molecule has 2 atom stereocenters. The van der Waals surface area contributed by atoms with Crippen molar-refractivity contribution in [1.82, 2.24) is 15.1 Å². The van der Waals surface area contributed by atoms with Gasteiger partial charge in [-0.25, -0.2) is 0 Å². The molecule has 1 saturated carbocycles. The van der Waals surface area contributed by atoms with Gasteiger partial charge in [-0.05, 0) is 95.6 Å². The smallest absolute Gasteiger partial charge is 0.306 e. The van der Waals surface area contributed by atoms with Crippen LogP contribution < -0.4 is 5.32 Å². The van der Waals surface area contributed by atoms with Crippen molar-refractivity contribution in [2.24, 2.45) is 11.8 Å². The lowest BCUT2D eigenvalue weighted by Crippen LogP contribution is -2.42. The summed E-state index contributed by atoms with van der Waals surface area (Å²) in [6.07, 6.45) is 43.7. The monoisotopic (exact) mass is 848 g/mol. The van der Waals surface area contributed by atoms with Crippen LogP contribution in [0.5, 0.6) is 0 Å². The van der Waals surface area contributed by atoms with Crippen LogP contribution in [0.4, 0.5) is 0 Å². The van der Waals surface area contributed by atoms with Gasteiger partial charge < -0.3 is 20.1 Å². The Morgan fingerprint density at radius 3 is 1.50 bits per heavy atom. The van der Waals surface area contributed by atoms with E-state index in [1.807, 2.05) is 0 Å². The van der Waals surface area contributed by atoms with Crippen LogP contribution in [0.2, 0.25) is 0 Å². The first kappa shape index (κ1) is 56.8. The first-order valence-corrected chi connectivity index (χ1v) is 27.0. The van der Waals surface area contributed by atoms with Gasteiger partial charge in [0.2, 0.25) is 5.91 Å². The third-order valence-corrected chi connectivity index (χ3v) is 13.6. The van der Waals surface area contributed by atoms with E-state index >= 15 is 0 Å². The molecule has 0 spiro atoms. The summed E-state index contributed by atoms with van der Waals surface area (Å²) in [7, 11) is 0. The molecule has 0 aliphatic heterocycles. The molecule has 2 unspecified atom stereocenters. The SMILES string of the molecule is CCCCCCCCC(CCCCCC)CC(=O)NCCCCCN(CCCCCOC(=O)CC(CCCCCC)CCCCCCCC)CCN(CCO)C1CCCC1. The topological polar surface area (TPSA) is 82.1 Å². The van der Waals surface area contributed by atoms with Crippen molar-refractivity contribution in [1.29, 1.82) is 0 Å². The van der Waals surface area contributed by atoms with Gasteiger partial charge in [0.1, 0.15) is 0 Å². The van der Waals surface area contributed by atoms with E-state index in [2.05, 4.69) is 42.8 Å². The van der Waals surface area contributed by atoms with Crippen molar-refractivity contribution in [2.45, 2.75) is 265 Å². The minimum atomic E-state index is 0.0190. The van der Waals surface area contributed by atoms with Crippen molar-refractivity contribution in [2.75, 3.05) is 52.5 Å². The summed E-state index contributed by atoms with van der Waals surface area (Å²) in [5.41, 5.74) is 0. The molecule has 0 heterocycles. The average molecular weight is 848 g/mol. The zero-order chi connectivity index (χ0) is 43.6. The first-order valence-electron chi connectivity index (χ1n) is 27.0. The van der Waals surface area contributed by atoms with Gasteiger partial charge in [-0.3, -0.25) is 14.5 Å². The molecule has 2 N–H and O–H groups in total. The van der Waals surface area contributed by atoms with Gasteiger partial charge in [-0.1, -0.05) is 175 Å². The summed E-state index contributed by atoms with van der Waals surface area (Å²) in [4.78, 5) is 31.1. The number of carbonyl (C=O) groups is 2. The van der Waals surface area contributed by atoms with Crippen LogP contribution in [-0.4, -0.2) is 85.3 Å². The number of amides is 1. The molecule has 1 aliphatic rings. The van der Waals surface area contributed by atoms with Crippen LogP contribution >= 0.6 is 0 Å². The molecule has 1 amide bonds. The molecule has 7 nitrogen and oxygen atoms in total. The van der Waals surface area contributed by atoms with Gasteiger partial charge in [0, 0.05) is 45.1 Å². The molecular formula is C53H105N3O4. The van der Waals surface area contributed by atoms with Crippen molar-refractivity contribution in [3.05, 3.63) is 0 Å². The zero-order valence-electron chi connectivity index (χ0n) is 40.9. The molecule has 1 aliphatic carbocycles. The largest absolute Gasteiger partial charge is 0.466 e. The average Bonchev–Trinajstić information content (AvgIpc) is 3.79. The molecular weight excluding hydrogens is 743 g/mol. The van der Waals surface area contributed by atoms with Crippen LogP contribution in [-0.2, 0) is 14.3 Å². The van der Waals surface area contributed by atoms with Crippen LogP contribution in [0.25, 0.3) is 0 Å². The third-order valence-electron chi connectivity index (χ3n) is 13.6. The number of aliphatic hydroxyl groups excluding tert-OH is 1. The van der Waals surface area contributed by atoms with Gasteiger partial charge in [0.25, 0.3) is 0 Å². The maximum Gasteiger partial charge on any atom is 0.306 e. The molecule has 0 saturated heterocycles. The summed E-state index contributed by atoms with van der Waals surface area (Å²) in [5, 5.41) is 13.1. The quantitative estimate of drug-likeness (QED) is 0.0469. The summed E-state index contributed by atoms with van der Waals surface area (Å²) in [5.74, 6) is 1.31. The molecule has 0 aromatic carbocycles. The van der Waals surface area contributed by atoms with Crippen molar-refractivity contribution >= 4 is 11.9 Å². The van der Waals surface area contributed by atoms with Gasteiger partial charge in [-0.2, -0.15) is 0 Å². The summed E-state index contributed by atoms with van der Waals surface area (Å²) < 4.78 is 5.82. The number of rotatable bonds is 46. The lowest BCUT2D eigenvalue weighted by Gasteiger charge is -2.31. The highest BCUT2D eigenvalue weighted by atomic mass is 16.5. The molecule has 0 bridgehead atoms. The Morgan fingerprint density at radius 1 is 0.533 bits per heavy atom. The Labute approximate surface area is 374 Å². The first-order chi connectivity index (χ1) is 29.5. The third kappa shape index (κ3) is 34.3. The molecule has 1 fully saturated rings. The van der Waals surface area contributed by atoms with E-state index in [-0.39, 0.29) is 18.5 Å². The normalized spacial score (nSPS) is 14.4. The Morgan fingerprint density at radius 2 is 0.983 bits per heavy atom. The molecule has 0 aromatic rings. The van der Waals surface area contributed by atoms with Gasteiger partial charge in [-0.15, -0.1) is 0 Å². The Kier molecular flexibility index (Phi) is 40.8. The lowest BCUT2D eigenvalue weighted by molar-refractivity contribution is -0.145. The maximum absolute atomic E-state index is 13.0. The molecule has 356 valence electrons. The number of nitrogens with zero attached hydrogens (tertiary/aromatic N) is 2. The van der Waals surface area contributed by atoms with Gasteiger partial charge >= 0.3 is 5.97 Å². The number of esters is 1. The fourth-order valence-electron chi connectivity index (χ4n) is 9.62. The highest BCUT2D eigenvalue weighted by molar-refractivity contribution is 5.76. The number of carbonyl (C=O) groups excluding carboxylic acids is 2. The van der Waals surface area contributed by atoms with E-state index in [9.17, 15) is 14.7 Å². The lowest BCUT2D eigenvalue weighted by atomic mass is 9.91. The van der Waals surface area contributed by atoms with E-state index in [1.165, 1.54) is 180 Å². The molecule has 0 aromatic heterocycles. The van der Waals surface area contributed by atoms with Crippen LogP contribution in [0.15, 0.2) is 0 Å². The molecule has 60 heavy (non-hydrogen) atoms. The van der Waals surface area contributed by atoms with Crippen molar-refractivity contribution < 1.29 is 19.4 Å². The molecule has 1 rings (SSSR count). The summed E-state index contributed by atoms with van der Waals surface area (Å²) >= 11 is 0. The van der Waals surface area contributed by atoms with E-state index in [4.69, 9.17) is 4.74 Å². The Hall–Kier alpha value is -1.18. The van der Waals surface area contributed by atoms with E-state index in [0.29, 0.717) is 37.3 Å². The number of hydrogen-bond acceptors (Lipinski definition) is 6. The van der Waals surface area contributed by atoms with Crippen LogP contribution in [0, 0.1) is 11.8 Å². The standard InChI is InChI=1S/C53H105N3O4/c1-5-9-13-17-19-25-34-49(33-23-15-11-7-3)47-52(58)54-39-29-21-30-40-55(42-43-56(44-45-57)51-37-27-28-38-51)41-31-22-32-46-60-53(59)48-50(35-24-16-12-8-4)36-26-20-18-14-10-6-2/h49-51,57H,5-48H2,1-4H3,(H,54,58). The van der Waals surface area contributed by atoms with Crippen LogP contribution in [0.1, 0.15) is 259 Å². The Bertz CT molecular complexity index is 870. The fourth-order valence-corrected chi connectivity index (χ4v) is 9.62. The summed E-state index contributed by atoms with van der Waals surface area (Å²) in [6, 6.07) is 0.626. The van der Waals surface area contributed by atoms with Crippen LogP contribution in [0.3, 0.4) is 0 Å². The second-order valence-electron chi connectivity index (χ2n) is 19.2. The number of nitrogens with one attached hydrogen (secondary N) is 1. The number of hydrogen-bond donors (Lipinski definition) is 2. The van der Waals surface area contributed by atoms with Crippen molar-refractivity contribution in [3.8, 4) is 0 Å². The Balaban J connectivity index is 2.50. The maximum atomic E-state index is 13.0. The number of aliphatic hydroxyl groups is 1. The number of ether oxygens (including phenoxy) is 1. The highest BCUT2D eigenvalue weighted by Crippen LogP contribution is 2.25. The molecule has 0 radical (unpaired) electrons. The van der Waals surface area contributed by atoms with E-state index in [0.717, 1.165) is 77.8 Å². The van der Waals surface area contributed by atoms with E-state index < -0.39 is 0 Å². The predicted octanol–water partition coefficient (Wildman–Crippen LogP) is 14.0. The molecule has 7 heteroatoms. The summed E-state index contributed by atoms with van der Waals surface area (Å²) in [6.45, 7) is 15.7. The zero-order valence-corrected chi connectivity index (χ0v) is 40.9.